The molecule has 1 aromatic carbocycles. The molecule has 0 saturated carbocycles. The smallest absolute Gasteiger partial charge is 0.265 e. The average molecular weight is 255 g/mol. The molecule has 5 heteroatoms. The lowest BCUT2D eigenvalue weighted by atomic mass is 10.1. The van der Waals surface area contributed by atoms with Gasteiger partial charge in [0.15, 0.2) is 5.78 Å². The number of alkyl halides is 2. The SMILES string of the molecule is O=C(CN1CCO[C@@H](C(F)F)C1)c1ccccc1. The number of hydrogen-bond acceptors (Lipinski definition) is 3. The van der Waals surface area contributed by atoms with E-state index in [-0.39, 0.29) is 25.5 Å². The normalized spacial score (nSPS) is 21.2. The number of nitrogens with zero attached hydrogens (tertiary/aromatic N) is 1. The van der Waals surface area contributed by atoms with E-state index in [4.69, 9.17) is 4.74 Å². The molecule has 1 aliphatic heterocycles. The van der Waals surface area contributed by atoms with Crippen LogP contribution in [-0.2, 0) is 4.74 Å². The molecule has 1 aliphatic rings. The molecule has 0 unspecified atom stereocenters. The van der Waals surface area contributed by atoms with Crippen molar-refractivity contribution in [3.63, 3.8) is 0 Å². The number of ether oxygens (including phenoxy) is 1. The molecular weight excluding hydrogens is 240 g/mol. The molecule has 3 nitrogen and oxygen atoms in total. The highest BCUT2D eigenvalue weighted by molar-refractivity contribution is 5.97. The van der Waals surface area contributed by atoms with Crippen LogP contribution in [0.1, 0.15) is 10.4 Å². The molecule has 0 radical (unpaired) electrons. The fraction of sp³-hybridized carbons (Fsp3) is 0.462. The summed E-state index contributed by atoms with van der Waals surface area (Å²) in [6.45, 7) is 1.03. The first kappa shape index (κ1) is 13.1. The predicted molar refractivity (Wildman–Crippen MR) is 63.0 cm³/mol. The van der Waals surface area contributed by atoms with Gasteiger partial charge >= 0.3 is 0 Å². The van der Waals surface area contributed by atoms with E-state index >= 15 is 0 Å². The van der Waals surface area contributed by atoms with Crippen LogP contribution in [0.2, 0.25) is 0 Å². The van der Waals surface area contributed by atoms with Crippen LogP contribution >= 0.6 is 0 Å². The number of morpholine rings is 1. The second-order valence-corrected chi connectivity index (χ2v) is 4.27. The topological polar surface area (TPSA) is 29.5 Å². The Morgan fingerprint density at radius 3 is 2.78 bits per heavy atom. The first-order chi connectivity index (χ1) is 8.66. The first-order valence-corrected chi connectivity index (χ1v) is 5.87. The summed E-state index contributed by atoms with van der Waals surface area (Å²) in [6.07, 6.45) is -3.58. The van der Waals surface area contributed by atoms with Gasteiger partial charge in [0.2, 0.25) is 0 Å². The fourth-order valence-electron chi connectivity index (χ4n) is 1.95. The predicted octanol–water partition coefficient (Wildman–Crippen LogP) is 1.84. The Morgan fingerprint density at radius 2 is 2.11 bits per heavy atom. The van der Waals surface area contributed by atoms with Crippen molar-refractivity contribution in [2.45, 2.75) is 12.5 Å². The van der Waals surface area contributed by atoms with Gasteiger partial charge in [0, 0.05) is 18.7 Å². The maximum atomic E-state index is 12.5. The van der Waals surface area contributed by atoms with E-state index in [2.05, 4.69) is 0 Å². The molecule has 0 N–H and O–H groups in total. The summed E-state index contributed by atoms with van der Waals surface area (Å²) >= 11 is 0. The Balaban J connectivity index is 1.91. The second kappa shape index (κ2) is 6.02. The Hall–Kier alpha value is -1.33. The lowest BCUT2D eigenvalue weighted by Gasteiger charge is -2.31. The minimum atomic E-state index is -2.50. The van der Waals surface area contributed by atoms with Crippen molar-refractivity contribution in [1.29, 1.82) is 0 Å². The first-order valence-electron chi connectivity index (χ1n) is 5.87. The highest BCUT2D eigenvalue weighted by Gasteiger charge is 2.28. The molecule has 0 spiro atoms. The van der Waals surface area contributed by atoms with Gasteiger partial charge in [-0.3, -0.25) is 9.69 Å². The van der Waals surface area contributed by atoms with Crippen LogP contribution < -0.4 is 0 Å². The van der Waals surface area contributed by atoms with Crippen molar-refractivity contribution >= 4 is 5.78 Å². The molecule has 98 valence electrons. The molecule has 2 rings (SSSR count). The lowest BCUT2D eigenvalue weighted by molar-refractivity contribution is -0.100. The van der Waals surface area contributed by atoms with Crippen molar-refractivity contribution in [2.24, 2.45) is 0 Å². The van der Waals surface area contributed by atoms with Gasteiger partial charge in [0.25, 0.3) is 6.43 Å². The summed E-state index contributed by atoms with van der Waals surface area (Å²) in [5, 5.41) is 0. The number of carbonyl (C=O) groups is 1. The number of carbonyl (C=O) groups excluding carboxylic acids is 1. The Morgan fingerprint density at radius 1 is 1.39 bits per heavy atom. The van der Waals surface area contributed by atoms with Gasteiger partial charge in [-0.1, -0.05) is 30.3 Å². The van der Waals surface area contributed by atoms with Gasteiger partial charge in [-0.15, -0.1) is 0 Å². The maximum absolute atomic E-state index is 12.5. The molecule has 1 fully saturated rings. The van der Waals surface area contributed by atoms with Crippen molar-refractivity contribution < 1.29 is 18.3 Å². The van der Waals surface area contributed by atoms with Gasteiger partial charge in [0.05, 0.1) is 13.2 Å². The third-order valence-corrected chi connectivity index (χ3v) is 2.92. The number of Topliss-reactive ketones (excluding diaryl/α,β-unsaturated/α-hetero) is 1. The van der Waals surface area contributed by atoms with Crippen LogP contribution in [0.3, 0.4) is 0 Å². The van der Waals surface area contributed by atoms with Gasteiger partial charge < -0.3 is 4.74 Å². The minimum absolute atomic E-state index is 0.0504. The van der Waals surface area contributed by atoms with Crippen LogP contribution in [0.5, 0.6) is 0 Å². The summed E-state index contributed by atoms with van der Waals surface area (Å²) in [5.41, 5.74) is 0.609. The molecule has 0 bridgehead atoms. The molecule has 1 heterocycles. The fourth-order valence-corrected chi connectivity index (χ4v) is 1.95. The quantitative estimate of drug-likeness (QED) is 0.769. The maximum Gasteiger partial charge on any atom is 0.265 e. The van der Waals surface area contributed by atoms with Crippen LogP contribution in [0.4, 0.5) is 8.78 Å². The standard InChI is InChI=1S/C13H15F2NO2/c14-13(15)12-9-16(6-7-18-12)8-11(17)10-4-2-1-3-5-10/h1-5,12-13H,6-9H2/t12-/m1/s1. The van der Waals surface area contributed by atoms with Crippen molar-refractivity contribution in [2.75, 3.05) is 26.2 Å². The summed E-state index contributed by atoms with van der Waals surface area (Å²) in [6, 6.07) is 8.86. The number of halogens is 2. The van der Waals surface area contributed by atoms with Crippen LogP contribution in [0.25, 0.3) is 0 Å². The number of hydrogen-bond donors (Lipinski definition) is 0. The zero-order chi connectivity index (χ0) is 13.0. The van der Waals surface area contributed by atoms with Crippen molar-refractivity contribution in [1.82, 2.24) is 4.90 Å². The van der Waals surface area contributed by atoms with Gasteiger partial charge in [-0.25, -0.2) is 8.78 Å². The average Bonchev–Trinajstić information content (AvgIpc) is 2.40. The van der Waals surface area contributed by atoms with E-state index in [1.807, 2.05) is 6.07 Å². The van der Waals surface area contributed by atoms with Crippen molar-refractivity contribution in [3.8, 4) is 0 Å². The van der Waals surface area contributed by atoms with E-state index in [1.54, 1.807) is 29.2 Å². The van der Waals surface area contributed by atoms with Gasteiger partial charge in [-0.05, 0) is 0 Å². The Kier molecular flexibility index (Phi) is 4.38. The highest BCUT2D eigenvalue weighted by Crippen LogP contribution is 2.13. The monoisotopic (exact) mass is 255 g/mol. The molecule has 1 saturated heterocycles. The molecule has 0 aromatic heterocycles. The minimum Gasteiger partial charge on any atom is -0.370 e. The molecular formula is C13H15F2NO2. The molecule has 18 heavy (non-hydrogen) atoms. The molecule has 0 amide bonds. The van der Waals surface area contributed by atoms with Crippen molar-refractivity contribution in [3.05, 3.63) is 35.9 Å². The zero-order valence-corrected chi connectivity index (χ0v) is 9.89. The van der Waals surface area contributed by atoms with Crippen LogP contribution in [-0.4, -0.2) is 49.5 Å². The van der Waals surface area contributed by atoms with E-state index < -0.39 is 12.5 Å². The summed E-state index contributed by atoms with van der Waals surface area (Å²) < 4.78 is 30.0. The van der Waals surface area contributed by atoms with Crippen LogP contribution in [0, 0.1) is 0 Å². The molecule has 1 aromatic rings. The van der Waals surface area contributed by atoms with Gasteiger partial charge in [0.1, 0.15) is 6.10 Å². The zero-order valence-electron chi connectivity index (χ0n) is 9.89. The van der Waals surface area contributed by atoms with E-state index in [1.165, 1.54) is 0 Å². The Bertz CT molecular complexity index is 397. The van der Waals surface area contributed by atoms with Gasteiger partial charge in [-0.2, -0.15) is 0 Å². The number of rotatable bonds is 4. The van der Waals surface area contributed by atoms with E-state index in [0.717, 1.165) is 0 Å². The third kappa shape index (κ3) is 3.34. The van der Waals surface area contributed by atoms with E-state index in [0.29, 0.717) is 12.1 Å². The second-order valence-electron chi connectivity index (χ2n) is 4.27. The Labute approximate surface area is 104 Å². The summed E-state index contributed by atoms with van der Waals surface area (Å²) in [4.78, 5) is 13.6. The lowest BCUT2D eigenvalue weighted by Crippen LogP contribution is -2.47. The third-order valence-electron chi connectivity index (χ3n) is 2.92. The van der Waals surface area contributed by atoms with E-state index in [9.17, 15) is 13.6 Å². The number of benzene rings is 1. The molecule has 0 aliphatic carbocycles. The van der Waals surface area contributed by atoms with Crippen LogP contribution in [0.15, 0.2) is 30.3 Å². The summed E-state index contributed by atoms with van der Waals surface area (Å²) in [7, 11) is 0. The number of ketones is 1. The largest absolute Gasteiger partial charge is 0.370 e. The molecule has 1 atom stereocenters. The summed E-state index contributed by atoms with van der Waals surface area (Å²) in [5.74, 6) is -0.0504. The highest BCUT2D eigenvalue weighted by atomic mass is 19.3.